The third-order valence-corrected chi connectivity index (χ3v) is 5.73. The third kappa shape index (κ3) is 5.55. The summed E-state index contributed by atoms with van der Waals surface area (Å²) in [6, 6.07) is 3.72. The van der Waals surface area contributed by atoms with E-state index in [0.29, 0.717) is 32.2 Å². The highest BCUT2D eigenvalue weighted by molar-refractivity contribution is 6.23. The van der Waals surface area contributed by atoms with E-state index in [1.807, 2.05) is 20.8 Å². The Morgan fingerprint density at radius 3 is 2.44 bits per heavy atom. The topological polar surface area (TPSA) is 122 Å². The summed E-state index contributed by atoms with van der Waals surface area (Å²) < 4.78 is 11.5. The van der Waals surface area contributed by atoms with Crippen LogP contribution in [0.3, 0.4) is 0 Å². The van der Waals surface area contributed by atoms with Gasteiger partial charge in [0, 0.05) is 39.4 Å². The maximum absolute atomic E-state index is 13.2. The zero-order valence-corrected chi connectivity index (χ0v) is 20.0. The maximum Gasteiger partial charge on any atom is 0.410 e. The van der Waals surface area contributed by atoms with Crippen molar-refractivity contribution in [2.75, 3.05) is 20.1 Å². The Kier molecular flexibility index (Phi) is 7.58. The summed E-state index contributed by atoms with van der Waals surface area (Å²) in [6.45, 7) is 6.32. The van der Waals surface area contributed by atoms with Gasteiger partial charge in [0.05, 0.1) is 17.2 Å². The fourth-order valence-electron chi connectivity index (χ4n) is 4.00. The minimum absolute atomic E-state index is 0.00684. The van der Waals surface area contributed by atoms with E-state index in [2.05, 4.69) is 5.32 Å². The number of fused-ring (bicyclic) bond motifs is 1. The molecule has 1 N–H and O–H groups in total. The minimum Gasteiger partial charge on any atom is -0.489 e. The van der Waals surface area contributed by atoms with Crippen molar-refractivity contribution in [1.82, 2.24) is 15.1 Å². The number of hydrogen-bond donors (Lipinski definition) is 1. The largest absolute Gasteiger partial charge is 0.489 e. The summed E-state index contributed by atoms with van der Waals surface area (Å²) in [5, 5.41) is 2.45. The number of amides is 4. The van der Waals surface area contributed by atoms with Crippen LogP contribution in [0.15, 0.2) is 18.2 Å². The molecule has 0 aromatic heterocycles. The monoisotopic (exact) mass is 473 g/mol. The number of aldehydes is 1. The third-order valence-electron chi connectivity index (χ3n) is 5.73. The molecule has 0 aliphatic carbocycles. The Morgan fingerprint density at radius 2 is 1.85 bits per heavy atom. The number of piperidine rings is 1. The minimum atomic E-state index is -1.05. The second kappa shape index (κ2) is 10.2. The van der Waals surface area contributed by atoms with E-state index in [1.54, 1.807) is 17.0 Å². The molecular weight excluding hydrogens is 442 g/mol. The molecule has 0 bridgehead atoms. The number of rotatable bonds is 7. The van der Waals surface area contributed by atoms with Crippen LogP contribution in [0.4, 0.5) is 4.79 Å². The zero-order chi connectivity index (χ0) is 25.0. The first-order valence-corrected chi connectivity index (χ1v) is 11.4. The van der Waals surface area contributed by atoms with Crippen LogP contribution in [0, 0.1) is 0 Å². The molecule has 2 aliphatic rings. The summed E-state index contributed by atoms with van der Waals surface area (Å²) in [5.74, 6) is -1.22. The highest BCUT2D eigenvalue weighted by atomic mass is 16.6. The first kappa shape index (κ1) is 25.2. The van der Waals surface area contributed by atoms with Gasteiger partial charge in [0.1, 0.15) is 23.7 Å². The molecule has 0 saturated carbocycles. The lowest BCUT2D eigenvalue weighted by Crippen LogP contribution is -2.44. The van der Waals surface area contributed by atoms with E-state index in [1.165, 1.54) is 13.1 Å². The van der Waals surface area contributed by atoms with E-state index in [9.17, 15) is 24.0 Å². The average molecular weight is 474 g/mol. The Hall–Kier alpha value is -3.43. The molecule has 4 amide bonds. The summed E-state index contributed by atoms with van der Waals surface area (Å²) in [7, 11) is 1.47. The van der Waals surface area contributed by atoms with Crippen molar-refractivity contribution in [3.05, 3.63) is 29.3 Å². The van der Waals surface area contributed by atoms with Crippen molar-refractivity contribution in [1.29, 1.82) is 0 Å². The van der Waals surface area contributed by atoms with Crippen LogP contribution < -0.4 is 10.1 Å². The number of likely N-dealkylation sites (tertiary alicyclic amines) is 1. The Bertz CT molecular complexity index is 977. The molecule has 34 heavy (non-hydrogen) atoms. The number of imide groups is 1. The summed E-state index contributed by atoms with van der Waals surface area (Å²) in [5.41, 5.74) is -0.289. The predicted octanol–water partition coefficient (Wildman–Crippen LogP) is 2.15. The molecule has 1 saturated heterocycles. The summed E-state index contributed by atoms with van der Waals surface area (Å²) >= 11 is 0. The van der Waals surface area contributed by atoms with Crippen molar-refractivity contribution < 1.29 is 33.4 Å². The lowest BCUT2D eigenvalue weighted by molar-refractivity contribution is -0.121. The van der Waals surface area contributed by atoms with Crippen LogP contribution in [-0.4, -0.2) is 77.8 Å². The van der Waals surface area contributed by atoms with Gasteiger partial charge in [0.25, 0.3) is 11.8 Å². The van der Waals surface area contributed by atoms with Gasteiger partial charge >= 0.3 is 6.09 Å². The van der Waals surface area contributed by atoms with Gasteiger partial charge in [-0.15, -0.1) is 0 Å². The van der Waals surface area contributed by atoms with Gasteiger partial charge in [0.2, 0.25) is 5.91 Å². The lowest BCUT2D eigenvalue weighted by atomic mass is 10.1. The molecule has 3 rings (SSSR count). The molecule has 1 fully saturated rings. The lowest BCUT2D eigenvalue weighted by Gasteiger charge is -2.33. The molecule has 2 heterocycles. The number of benzene rings is 1. The van der Waals surface area contributed by atoms with E-state index < -0.39 is 23.5 Å². The molecule has 0 radical (unpaired) electrons. The molecule has 0 spiro atoms. The molecule has 10 heteroatoms. The van der Waals surface area contributed by atoms with Crippen LogP contribution in [0.5, 0.6) is 5.75 Å². The van der Waals surface area contributed by atoms with Crippen LogP contribution in [0.2, 0.25) is 0 Å². The highest BCUT2D eigenvalue weighted by Crippen LogP contribution is 2.34. The second-order valence-electron chi connectivity index (χ2n) is 9.36. The Morgan fingerprint density at radius 1 is 1.18 bits per heavy atom. The summed E-state index contributed by atoms with van der Waals surface area (Å²) in [6.07, 6.45) is 1.01. The van der Waals surface area contributed by atoms with Gasteiger partial charge in [-0.3, -0.25) is 19.3 Å². The van der Waals surface area contributed by atoms with E-state index in [4.69, 9.17) is 9.47 Å². The molecule has 1 aromatic rings. The van der Waals surface area contributed by atoms with Crippen molar-refractivity contribution >= 4 is 30.1 Å². The molecule has 2 aliphatic heterocycles. The van der Waals surface area contributed by atoms with Gasteiger partial charge < -0.3 is 24.5 Å². The van der Waals surface area contributed by atoms with Crippen LogP contribution in [0.1, 0.15) is 67.2 Å². The van der Waals surface area contributed by atoms with Crippen molar-refractivity contribution in [3.63, 3.8) is 0 Å². The molecule has 184 valence electrons. The van der Waals surface area contributed by atoms with Gasteiger partial charge in [0.15, 0.2) is 0 Å². The average Bonchev–Trinajstić information content (AvgIpc) is 3.04. The number of nitrogens with one attached hydrogen (secondary N) is 1. The number of carbonyl (C=O) groups is 5. The number of nitrogens with zero attached hydrogens (tertiary/aromatic N) is 2. The van der Waals surface area contributed by atoms with E-state index in [0.717, 1.165) is 4.90 Å². The molecule has 10 nitrogen and oxygen atoms in total. The normalized spacial score (nSPS) is 17.3. The molecule has 1 aromatic carbocycles. The predicted molar refractivity (Wildman–Crippen MR) is 122 cm³/mol. The Labute approximate surface area is 198 Å². The van der Waals surface area contributed by atoms with Gasteiger partial charge in [-0.2, -0.15) is 0 Å². The van der Waals surface area contributed by atoms with Crippen LogP contribution >= 0.6 is 0 Å². The fourth-order valence-corrected chi connectivity index (χ4v) is 4.00. The van der Waals surface area contributed by atoms with Crippen molar-refractivity contribution in [2.24, 2.45) is 0 Å². The van der Waals surface area contributed by atoms with Gasteiger partial charge in [-0.05, 0) is 39.3 Å². The van der Waals surface area contributed by atoms with E-state index >= 15 is 0 Å². The van der Waals surface area contributed by atoms with E-state index in [-0.39, 0.29) is 47.8 Å². The first-order chi connectivity index (χ1) is 16.1. The number of carbonyl (C=O) groups excluding carboxylic acids is 5. The Balaban J connectivity index is 1.69. The van der Waals surface area contributed by atoms with Gasteiger partial charge in [-0.25, -0.2) is 4.79 Å². The van der Waals surface area contributed by atoms with Crippen molar-refractivity contribution in [2.45, 2.75) is 64.2 Å². The maximum atomic E-state index is 13.2. The molecular formula is C24H31N3O7. The molecule has 1 unspecified atom stereocenters. The summed E-state index contributed by atoms with van der Waals surface area (Å²) in [4.78, 5) is 64.1. The first-order valence-electron chi connectivity index (χ1n) is 11.4. The van der Waals surface area contributed by atoms with Crippen LogP contribution in [0.25, 0.3) is 0 Å². The molecule has 1 atom stereocenters. The fraction of sp³-hybridized carbons (Fsp3) is 0.542. The quantitative estimate of drug-likeness (QED) is 0.476. The SMILES string of the molecule is CNC(=O)CCC(C=O)N1C(=O)c2cccc(OC3CCN(C(=O)OC(C)(C)C)CC3)c2C1=O. The number of ether oxygens (including phenoxy) is 2. The smallest absolute Gasteiger partial charge is 0.410 e. The zero-order valence-electron chi connectivity index (χ0n) is 20.0. The standard InChI is InChI=1S/C24H31N3O7/c1-24(2,3)34-23(32)26-12-10-16(11-13-26)33-18-7-5-6-17-20(18)22(31)27(21(17)30)15(14-28)8-9-19(29)25-4/h5-7,14-16H,8-13H2,1-4H3,(H,25,29). The number of hydrogen-bond acceptors (Lipinski definition) is 7. The van der Waals surface area contributed by atoms with Crippen molar-refractivity contribution in [3.8, 4) is 5.75 Å². The highest BCUT2D eigenvalue weighted by Gasteiger charge is 2.42. The van der Waals surface area contributed by atoms with Gasteiger partial charge in [-0.1, -0.05) is 6.07 Å². The van der Waals surface area contributed by atoms with Crippen LogP contribution in [-0.2, 0) is 14.3 Å². The second-order valence-corrected chi connectivity index (χ2v) is 9.36.